The van der Waals surface area contributed by atoms with Crippen LogP contribution >= 0.6 is 0 Å². The Morgan fingerprint density at radius 1 is 0.931 bits per heavy atom. The van der Waals surface area contributed by atoms with Gasteiger partial charge in [0.15, 0.2) is 11.5 Å². The highest BCUT2D eigenvalue weighted by Gasteiger charge is 2.14. The Bertz CT molecular complexity index is 981. The fourth-order valence-corrected chi connectivity index (χ4v) is 2.71. The Hall–Kier alpha value is -3.81. The molecule has 2 aromatic carbocycles. The second-order valence-electron chi connectivity index (χ2n) is 6.09. The van der Waals surface area contributed by atoms with Crippen molar-refractivity contribution in [1.82, 2.24) is 9.97 Å². The van der Waals surface area contributed by atoms with E-state index in [1.54, 1.807) is 33.5 Å². The Balaban J connectivity index is 1.75. The molecule has 1 heterocycles. The normalized spacial score (nSPS) is 10.2. The molecule has 0 saturated carbocycles. The number of carbonyl (C=O) groups excluding carboxylic acids is 1. The van der Waals surface area contributed by atoms with Crippen molar-refractivity contribution in [3.63, 3.8) is 0 Å². The number of benzene rings is 2. The molecule has 29 heavy (non-hydrogen) atoms. The molecule has 0 atom stereocenters. The van der Waals surface area contributed by atoms with Crippen LogP contribution in [0.2, 0.25) is 0 Å². The Kier molecular flexibility index (Phi) is 6.13. The summed E-state index contributed by atoms with van der Waals surface area (Å²) < 4.78 is 16.0. The number of aryl methyl sites for hydroxylation is 1. The molecule has 2 N–H and O–H groups in total. The summed E-state index contributed by atoms with van der Waals surface area (Å²) in [4.78, 5) is 20.9. The van der Waals surface area contributed by atoms with Gasteiger partial charge in [-0.15, -0.1) is 0 Å². The smallest absolute Gasteiger partial charge is 0.275 e. The maximum atomic E-state index is 12.4. The van der Waals surface area contributed by atoms with E-state index in [2.05, 4.69) is 20.6 Å². The molecule has 0 bridgehead atoms. The number of ether oxygens (including phenoxy) is 3. The van der Waals surface area contributed by atoms with Crippen molar-refractivity contribution in [1.29, 1.82) is 0 Å². The first-order chi connectivity index (χ1) is 14.0. The van der Waals surface area contributed by atoms with Gasteiger partial charge in [-0.05, 0) is 18.6 Å². The van der Waals surface area contributed by atoms with Crippen LogP contribution in [0.15, 0.2) is 48.8 Å². The summed E-state index contributed by atoms with van der Waals surface area (Å²) in [5.41, 5.74) is 2.59. The van der Waals surface area contributed by atoms with Gasteiger partial charge in [0.05, 0.1) is 33.7 Å². The van der Waals surface area contributed by atoms with Crippen molar-refractivity contribution in [3.05, 3.63) is 60.0 Å². The summed E-state index contributed by atoms with van der Waals surface area (Å²) in [6.45, 7) is 1.92. The van der Waals surface area contributed by atoms with Crippen LogP contribution in [0.3, 0.4) is 0 Å². The molecule has 0 fully saturated rings. The summed E-state index contributed by atoms with van der Waals surface area (Å²) in [6.07, 6.45) is 2.89. The predicted octanol–water partition coefficient (Wildman–Crippen LogP) is 3.81. The van der Waals surface area contributed by atoms with E-state index in [9.17, 15) is 4.79 Å². The molecule has 0 aliphatic carbocycles. The lowest BCUT2D eigenvalue weighted by Crippen LogP contribution is -2.15. The number of para-hydroxylation sites is 1. The molecule has 0 aliphatic heterocycles. The van der Waals surface area contributed by atoms with E-state index in [0.29, 0.717) is 28.8 Å². The number of rotatable bonds is 7. The van der Waals surface area contributed by atoms with E-state index in [-0.39, 0.29) is 11.6 Å². The monoisotopic (exact) mass is 394 g/mol. The van der Waals surface area contributed by atoms with Crippen molar-refractivity contribution in [2.45, 2.75) is 6.92 Å². The van der Waals surface area contributed by atoms with Crippen LogP contribution in [-0.2, 0) is 0 Å². The number of carbonyl (C=O) groups is 1. The van der Waals surface area contributed by atoms with E-state index in [1.807, 2.05) is 31.2 Å². The highest BCUT2D eigenvalue weighted by atomic mass is 16.5. The molecule has 0 spiro atoms. The molecular formula is C21H22N4O4. The lowest BCUT2D eigenvalue weighted by Gasteiger charge is -2.14. The number of nitrogens with one attached hydrogen (secondary N) is 2. The lowest BCUT2D eigenvalue weighted by molar-refractivity contribution is 0.102. The average Bonchev–Trinajstić information content (AvgIpc) is 2.75. The fraction of sp³-hybridized carbons (Fsp3) is 0.190. The molecule has 8 nitrogen and oxygen atoms in total. The zero-order valence-electron chi connectivity index (χ0n) is 16.6. The number of methoxy groups -OCH3 is 3. The van der Waals surface area contributed by atoms with E-state index in [0.717, 1.165) is 11.3 Å². The zero-order valence-corrected chi connectivity index (χ0v) is 16.6. The van der Waals surface area contributed by atoms with E-state index in [1.165, 1.54) is 12.4 Å². The van der Waals surface area contributed by atoms with Crippen LogP contribution < -0.4 is 24.8 Å². The SMILES string of the molecule is COc1cc(Nc2cnc(C(=O)Nc3ccccc3C)cn2)cc(OC)c1OC. The summed E-state index contributed by atoms with van der Waals surface area (Å²) in [5.74, 6) is 1.65. The van der Waals surface area contributed by atoms with Crippen molar-refractivity contribution < 1.29 is 19.0 Å². The first-order valence-electron chi connectivity index (χ1n) is 8.81. The molecule has 0 radical (unpaired) electrons. The van der Waals surface area contributed by atoms with Gasteiger partial charge < -0.3 is 24.8 Å². The van der Waals surface area contributed by atoms with Gasteiger partial charge in [-0.3, -0.25) is 4.79 Å². The van der Waals surface area contributed by atoms with Crippen molar-refractivity contribution in [2.75, 3.05) is 32.0 Å². The molecular weight excluding hydrogens is 372 g/mol. The third-order valence-corrected chi connectivity index (χ3v) is 4.21. The highest BCUT2D eigenvalue weighted by Crippen LogP contribution is 2.40. The van der Waals surface area contributed by atoms with Crippen molar-refractivity contribution >= 4 is 23.1 Å². The first-order valence-corrected chi connectivity index (χ1v) is 8.81. The molecule has 1 amide bonds. The zero-order chi connectivity index (χ0) is 20.8. The number of nitrogens with zero attached hydrogens (tertiary/aromatic N) is 2. The highest BCUT2D eigenvalue weighted by molar-refractivity contribution is 6.03. The van der Waals surface area contributed by atoms with E-state index in [4.69, 9.17) is 14.2 Å². The largest absolute Gasteiger partial charge is 0.493 e. The van der Waals surface area contributed by atoms with Gasteiger partial charge in [-0.25, -0.2) is 9.97 Å². The minimum Gasteiger partial charge on any atom is -0.493 e. The first kappa shape index (κ1) is 19.9. The van der Waals surface area contributed by atoms with E-state index >= 15 is 0 Å². The Labute approximate surface area is 168 Å². The van der Waals surface area contributed by atoms with Crippen LogP contribution in [0, 0.1) is 6.92 Å². The lowest BCUT2D eigenvalue weighted by atomic mass is 10.2. The fourth-order valence-electron chi connectivity index (χ4n) is 2.71. The minimum atomic E-state index is -0.328. The van der Waals surface area contributed by atoms with Crippen LogP contribution in [0.5, 0.6) is 17.2 Å². The molecule has 0 aliphatic rings. The molecule has 1 aromatic heterocycles. The van der Waals surface area contributed by atoms with Gasteiger partial charge in [0.25, 0.3) is 5.91 Å². The molecule has 0 unspecified atom stereocenters. The Morgan fingerprint density at radius 2 is 1.62 bits per heavy atom. The van der Waals surface area contributed by atoms with Gasteiger partial charge in [0.2, 0.25) is 5.75 Å². The van der Waals surface area contributed by atoms with Gasteiger partial charge in [0, 0.05) is 23.5 Å². The number of hydrogen-bond acceptors (Lipinski definition) is 7. The van der Waals surface area contributed by atoms with Crippen LogP contribution in [0.4, 0.5) is 17.2 Å². The van der Waals surface area contributed by atoms with Crippen molar-refractivity contribution in [3.8, 4) is 17.2 Å². The molecule has 0 saturated heterocycles. The van der Waals surface area contributed by atoms with Crippen LogP contribution in [0.1, 0.15) is 16.1 Å². The third-order valence-electron chi connectivity index (χ3n) is 4.21. The van der Waals surface area contributed by atoms with Gasteiger partial charge >= 0.3 is 0 Å². The topological polar surface area (TPSA) is 94.6 Å². The summed E-state index contributed by atoms with van der Waals surface area (Å²) in [7, 11) is 4.63. The number of aromatic nitrogens is 2. The quantitative estimate of drug-likeness (QED) is 0.629. The molecule has 3 aromatic rings. The summed E-state index contributed by atoms with van der Waals surface area (Å²) in [5, 5.41) is 5.94. The Morgan fingerprint density at radius 3 is 2.17 bits per heavy atom. The van der Waals surface area contributed by atoms with Gasteiger partial charge in [-0.1, -0.05) is 18.2 Å². The third kappa shape index (κ3) is 4.55. The second-order valence-corrected chi connectivity index (χ2v) is 6.09. The van der Waals surface area contributed by atoms with Gasteiger partial charge in [0.1, 0.15) is 11.5 Å². The van der Waals surface area contributed by atoms with Gasteiger partial charge in [-0.2, -0.15) is 0 Å². The predicted molar refractivity (Wildman–Crippen MR) is 111 cm³/mol. The van der Waals surface area contributed by atoms with E-state index < -0.39 is 0 Å². The van der Waals surface area contributed by atoms with Crippen molar-refractivity contribution in [2.24, 2.45) is 0 Å². The summed E-state index contributed by atoms with van der Waals surface area (Å²) in [6, 6.07) is 11.0. The second kappa shape index (κ2) is 8.92. The molecule has 8 heteroatoms. The maximum absolute atomic E-state index is 12.4. The van der Waals surface area contributed by atoms with Crippen LogP contribution in [-0.4, -0.2) is 37.2 Å². The average molecular weight is 394 g/mol. The number of amides is 1. The summed E-state index contributed by atoms with van der Waals surface area (Å²) >= 11 is 0. The minimum absolute atomic E-state index is 0.212. The molecule has 3 rings (SSSR count). The molecule has 150 valence electrons. The standard InChI is InChI=1S/C21H22N4O4/c1-13-7-5-6-8-15(13)25-21(26)16-11-23-19(12-22-16)24-14-9-17(27-2)20(29-4)18(10-14)28-3/h5-12H,1-4H3,(H,23,24)(H,25,26). The van der Waals surface area contributed by atoms with Crippen LogP contribution in [0.25, 0.3) is 0 Å². The number of anilines is 3. The maximum Gasteiger partial charge on any atom is 0.275 e. The number of hydrogen-bond donors (Lipinski definition) is 2.